The first-order chi connectivity index (χ1) is 10.9. The summed E-state index contributed by atoms with van der Waals surface area (Å²) < 4.78 is 24.2. The Morgan fingerprint density at radius 3 is 2.65 bits per heavy atom. The molecule has 0 aliphatic rings. The Morgan fingerprint density at radius 2 is 2.04 bits per heavy atom. The lowest BCUT2D eigenvalue weighted by Gasteiger charge is -2.05. The predicted octanol–water partition coefficient (Wildman–Crippen LogP) is 2.32. The minimum atomic E-state index is -3.24. The van der Waals surface area contributed by atoms with Crippen LogP contribution in [0.1, 0.15) is 5.56 Å². The monoisotopic (exact) mass is 352 g/mol. The number of thiazole rings is 1. The van der Waals surface area contributed by atoms with Crippen molar-refractivity contribution in [3.8, 4) is 0 Å². The zero-order valence-corrected chi connectivity index (χ0v) is 13.6. The Kier molecular flexibility index (Phi) is 3.78. The summed E-state index contributed by atoms with van der Waals surface area (Å²) >= 11 is 1.31. The number of hydrogen-bond acceptors (Lipinski definition) is 7. The summed E-state index contributed by atoms with van der Waals surface area (Å²) in [5.41, 5.74) is 0.794. The molecule has 0 bridgehead atoms. The molecule has 0 spiro atoms. The Hall–Kier alpha value is -2.46. The molecule has 3 aromatic rings. The fourth-order valence-electron chi connectivity index (χ4n) is 2.11. The number of rotatable bonds is 5. The van der Waals surface area contributed by atoms with Crippen molar-refractivity contribution in [2.45, 2.75) is 11.4 Å². The van der Waals surface area contributed by atoms with Gasteiger partial charge in [-0.25, -0.2) is 8.42 Å². The summed E-state index contributed by atoms with van der Waals surface area (Å²) in [6, 6.07) is 6.33. The van der Waals surface area contributed by atoms with Crippen LogP contribution >= 0.6 is 11.3 Å². The highest BCUT2D eigenvalue weighted by Gasteiger charge is 2.23. The van der Waals surface area contributed by atoms with Crippen LogP contribution in [0.15, 0.2) is 40.7 Å². The Morgan fingerprint density at radius 1 is 1.35 bits per heavy atom. The van der Waals surface area contributed by atoms with Crippen molar-refractivity contribution >= 4 is 37.8 Å². The molecule has 1 N–H and O–H groups in total. The molecule has 0 aliphatic carbocycles. The molecule has 0 aliphatic heterocycles. The van der Waals surface area contributed by atoms with Crippen molar-refractivity contribution in [3.05, 3.63) is 51.5 Å². The Labute approximate surface area is 135 Å². The van der Waals surface area contributed by atoms with Gasteiger partial charge in [-0.15, -0.1) is 0 Å². The van der Waals surface area contributed by atoms with Crippen LogP contribution in [-0.2, 0) is 16.4 Å². The van der Waals surface area contributed by atoms with Crippen molar-refractivity contribution in [2.24, 2.45) is 0 Å². The van der Waals surface area contributed by atoms with E-state index in [1.165, 1.54) is 27.9 Å². The molecule has 0 amide bonds. The maximum atomic E-state index is 11.4. The summed E-state index contributed by atoms with van der Waals surface area (Å²) in [7, 11) is -3.24. The maximum absolute atomic E-state index is 11.4. The van der Waals surface area contributed by atoms with E-state index in [0.717, 1.165) is 11.8 Å². The van der Waals surface area contributed by atoms with Gasteiger partial charge in [-0.3, -0.25) is 0 Å². The number of benzene rings is 1. The number of nitrogens with zero attached hydrogens (tertiary/aromatic N) is 3. The lowest BCUT2D eigenvalue weighted by molar-refractivity contribution is -0.389. The van der Waals surface area contributed by atoms with Gasteiger partial charge >= 0.3 is 5.82 Å². The Bertz CT molecular complexity index is 973. The third-order valence-corrected chi connectivity index (χ3v) is 5.11. The highest BCUT2D eigenvalue weighted by atomic mass is 32.2. The van der Waals surface area contributed by atoms with E-state index in [4.69, 9.17) is 0 Å². The lowest BCUT2D eigenvalue weighted by atomic mass is 10.2. The van der Waals surface area contributed by atoms with Gasteiger partial charge in [-0.1, -0.05) is 23.5 Å². The summed E-state index contributed by atoms with van der Waals surface area (Å²) in [5, 5.41) is 15.9. The molecule has 10 heteroatoms. The van der Waals surface area contributed by atoms with Gasteiger partial charge in [0, 0.05) is 18.2 Å². The molecule has 2 heterocycles. The number of hydrogen-bond donors (Lipinski definition) is 1. The number of nitro groups is 1. The molecule has 0 saturated carbocycles. The first kappa shape index (κ1) is 15.4. The molecule has 0 unspecified atom stereocenters. The summed E-state index contributed by atoms with van der Waals surface area (Å²) in [5.74, 6) is 0.0723. The number of sulfone groups is 1. The molecule has 0 atom stereocenters. The topological polar surface area (TPSA) is 107 Å². The van der Waals surface area contributed by atoms with Gasteiger partial charge < -0.3 is 15.4 Å². The fourth-order valence-corrected chi connectivity index (χ4v) is 3.45. The molecule has 0 fully saturated rings. The minimum absolute atomic E-state index is 0.117. The molecule has 8 nitrogen and oxygen atoms in total. The number of nitrogens with one attached hydrogen (secondary N) is 1. The molecule has 3 rings (SSSR count). The van der Waals surface area contributed by atoms with Gasteiger partial charge in [-0.2, -0.15) is 9.38 Å². The molecular weight excluding hydrogens is 340 g/mol. The summed E-state index contributed by atoms with van der Waals surface area (Å²) in [6.07, 6.45) is 2.73. The zero-order chi connectivity index (χ0) is 16.6. The van der Waals surface area contributed by atoms with Crippen LogP contribution in [0, 0.1) is 10.1 Å². The molecule has 2 aromatic heterocycles. The number of fused-ring (bicyclic) bond motifs is 1. The van der Waals surface area contributed by atoms with E-state index >= 15 is 0 Å². The van der Waals surface area contributed by atoms with Crippen molar-refractivity contribution in [1.29, 1.82) is 0 Å². The van der Waals surface area contributed by atoms with Crippen LogP contribution in [0.4, 0.5) is 11.6 Å². The second-order valence-electron chi connectivity index (χ2n) is 4.87. The minimum Gasteiger partial charge on any atom is -0.359 e. The number of aromatic nitrogens is 2. The van der Waals surface area contributed by atoms with E-state index in [1.807, 2.05) is 0 Å². The van der Waals surface area contributed by atoms with E-state index in [9.17, 15) is 18.5 Å². The van der Waals surface area contributed by atoms with Crippen molar-refractivity contribution in [3.63, 3.8) is 0 Å². The van der Waals surface area contributed by atoms with E-state index in [2.05, 4.69) is 10.3 Å². The quantitative estimate of drug-likeness (QED) is 0.558. The Balaban J connectivity index is 1.82. The lowest BCUT2D eigenvalue weighted by Crippen LogP contribution is -2.04. The van der Waals surface area contributed by atoms with Gasteiger partial charge in [0.15, 0.2) is 9.84 Å². The van der Waals surface area contributed by atoms with Gasteiger partial charge in [0.1, 0.15) is 6.20 Å². The van der Waals surface area contributed by atoms with Crippen LogP contribution in [0.25, 0.3) is 4.96 Å². The van der Waals surface area contributed by atoms with Gasteiger partial charge in [0.2, 0.25) is 5.82 Å². The maximum Gasteiger partial charge on any atom is 0.372 e. The second kappa shape index (κ2) is 5.63. The van der Waals surface area contributed by atoms with E-state index in [1.54, 1.807) is 23.7 Å². The van der Waals surface area contributed by atoms with Gasteiger partial charge in [0.25, 0.3) is 4.96 Å². The molecule has 0 radical (unpaired) electrons. The van der Waals surface area contributed by atoms with Crippen LogP contribution < -0.4 is 5.32 Å². The van der Waals surface area contributed by atoms with E-state index < -0.39 is 14.8 Å². The fraction of sp³-hybridized carbons (Fsp3) is 0.154. The normalized spacial score (nSPS) is 11.7. The SMILES string of the molecule is CS(=O)(=O)c1ccc(CNc2nc3sccn3c2[N+](=O)[O-])cc1. The zero-order valence-electron chi connectivity index (χ0n) is 12.0. The van der Waals surface area contributed by atoms with Crippen LogP contribution in [0.5, 0.6) is 0 Å². The smallest absolute Gasteiger partial charge is 0.359 e. The predicted molar refractivity (Wildman–Crippen MR) is 86.6 cm³/mol. The molecule has 23 heavy (non-hydrogen) atoms. The average Bonchev–Trinajstić information content (AvgIpc) is 3.04. The van der Waals surface area contributed by atoms with Crippen LogP contribution in [-0.4, -0.2) is 29.0 Å². The highest BCUT2D eigenvalue weighted by Crippen LogP contribution is 2.28. The molecule has 120 valence electrons. The van der Waals surface area contributed by atoms with Gasteiger partial charge in [-0.05, 0) is 22.6 Å². The summed E-state index contributed by atoms with van der Waals surface area (Å²) in [4.78, 5) is 15.7. The van der Waals surface area contributed by atoms with E-state index in [-0.39, 0.29) is 16.5 Å². The van der Waals surface area contributed by atoms with Crippen molar-refractivity contribution in [1.82, 2.24) is 9.38 Å². The first-order valence-electron chi connectivity index (χ1n) is 6.49. The van der Waals surface area contributed by atoms with E-state index in [0.29, 0.717) is 11.5 Å². The van der Waals surface area contributed by atoms with Crippen LogP contribution in [0.2, 0.25) is 0 Å². The van der Waals surface area contributed by atoms with Crippen LogP contribution in [0.3, 0.4) is 0 Å². The second-order valence-corrected chi connectivity index (χ2v) is 7.76. The standard InChI is InChI=1S/C13H12N4O4S2/c1-23(20,21)10-4-2-9(3-5-10)8-14-11-12(17(18)19)16-6-7-22-13(16)15-11/h2-7,14H,8H2,1H3. The molecular formula is C13H12N4O4S2. The summed E-state index contributed by atoms with van der Waals surface area (Å²) in [6.45, 7) is 0.301. The van der Waals surface area contributed by atoms with Crippen molar-refractivity contribution in [2.75, 3.05) is 11.6 Å². The average molecular weight is 352 g/mol. The molecule has 0 saturated heterocycles. The number of anilines is 1. The largest absolute Gasteiger partial charge is 0.372 e. The van der Waals surface area contributed by atoms with Crippen molar-refractivity contribution < 1.29 is 13.3 Å². The third-order valence-electron chi connectivity index (χ3n) is 3.22. The highest BCUT2D eigenvalue weighted by molar-refractivity contribution is 7.90. The number of imidazole rings is 1. The molecule has 1 aromatic carbocycles. The third kappa shape index (κ3) is 3.03. The van der Waals surface area contributed by atoms with Gasteiger partial charge in [0.05, 0.1) is 4.90 Å². The first-order valence-corrected chi connectivity index (χ1v) is 9.26.